The summed E-state index contributed by atoms with van der Waals surface area (Å²) in [6, 6.07) is 5.78. The van der Waals surface area contributed by atoms with Crippen molar-refractivity contribution < 1.29 is 9.53 Å². The lowest BCUT2D eigenvalue weighted by Gasteiger charge is -2.35. The Hall–Kier alpha value is -2.73. The van der Waals surface area contributed by atoms with Gasteiger partial charge in [0, 0.05) is 49.6 Å². The zero-order chi connectivity index (χ0) is 19.7. The van der Waals surface area contributed by atoms with Crippen LogP contribution in [-0.4, -0.2) is 61.7 Å². The number of aliphatic imine (C=N–C) groups is 1. The van der Waals surface area contributed by atoms with Crippen LogP contribution in [0.4, 0.5) is 11.4 Å². The Bertz CT molecular complexity index is 930. The zero-order valence-corrected chi connectivity index (χ0v) is 16.7. The average molecular weight is 378 g/mol. The number of piperazine rings is 1. The van der Waals surface area contributed by atoms with Gasteiger partial charge >= 0.3 is 0 Å². The maximum Gasteiger partial charge on any atom is 0.171 e. The molecule has 2 aliphatic rings. The highest BCUT2D eigenvalue weighted by molar-refractivity contribution is 6.22. The molecule has 0 radical (unpaired) electrons. The summed E-state index contributed by atoms with van der Waals surface area (Å²) in [6.45, 7) is 5.97. The lowest BCUT2D eigenvalue weighted by molar-refractivity contribution is 0.0999. The van der Waals surface area contributed by atoms with Gasteiger partial charge in [-0.15, -0.1) is 0 Å². The number of carbonyl (C=O) groups is 1. The number of hydrogen-bond donors (Lipinski definition) is 0. The van der Waals surface area contributed by atoms with Crippen molar-refractivity contribution in [2.75, 3.05) is 45.2 Å². The number of ether oxygens (including phenoxy) is 1. The van der Waals surface area contributed by atoms with Crippen molar-refractivity contribution in [2.45, 2.75) is 19.8 Å². The molecule has 4 rings (SSSR count). The van der Waals surface area contributed by atoms with Gasteiger partial charge in [-0.2, -0.15) is 0 Å². The summed E-state index contributed by atoms with van der Waals surface area (Å²) in [5.41, 5.74) is 5.31. The molecular weight excluding hydrogens is 352 g/mol. The molecule has 28 heavy (non-hydrogen) atoms. The van der Waals surface area contributed by atoms with E-state index in [9.17, 15) is 4.79 Å². The van der Waals surface area contributed by atoms with E-state index in [2.05, 4.69) is 28.8 Å². The minimum atomic E-state index is 0.126. The molecule has 0 atom stereocenters. The second-order valence-electron chi connectivity index (χ2n) is 7.38. The van der Waals surface area contributed by atoms with Crippen LogP contribution in [0.2, 0.25) is 0 Å². The number of aromatic nitrogens is 1. The highest BCUT2D eigenvalue weighted by Crippen LogP contribution is 2.36. The average Bonchev–Trinajstić information content (AvgIpc) is 2.73. The predicted molar refractivity (Wildman–Crippen MR) is 111 cm³/mol. The number of fused-ring (bicyclic) bond motifs is 1. The lowest BCUT2D eigenvalue weighted by atomic mass is 9.91. The number of benzene rings is 1. The molecular formula is C22H26N4O2. The minimum Gasteiger partial charge on any atom is -0.497 e. The molecule has 1 saturated heterocycles. The predicted octanol–water partition coefficient (Wildman–Crippen LogP) is 3.11. The van der Waals surface area contributed by atoms with Crippen molar-refractivity contribution in [2.24, 2.45) is 4.99 Å². The normalized spacial score (nSPS) is 17.3. The molecule has 6 heteroatoms. The van der Waals surface area contributed by atoms with Crippen LogP contribution in [0.3, 0.4) is 0 Å². The van der Waals surface area contributed by atoms with Crippen molar-refractivity contribution in [3.63, 3.8) is 0 Å². The third-order valence-corrected chi connectivity index (χ3v) is 5.61. The highest BCUT2D eigenvalue weighted by atomic mass is 16.5. The Labute approximate surface area is 165 Å². The number of Topliss-reactive ketones (excluding diaryl/α,β-unsaturated/α-hetero) is 1. The van der Waals surface area contributed by atoms with Gasteiger partial charge in [0.1, 0.15) is 5.75 Å². The Morgan fingerprint density at radius 2 is 1.96 bits per heavy atom. The molecule has 0 bridgehead atoms. The number of hydrogen-bond acceptors (Lipinski definition) is 6. The summed E-state index contributed by atoms with van der Waals surface area (Å²) in [4.78, 5) is 26.9. The van der Waals surface area contributed by atoms with Crippen molar-refractivity contribution >= 4 is 22.9 Å². The fourth-order valence-electron chi connectivity index (χ4n) is 3.97. The monoisotopic (exact) mass is 378 g/mol. The fourth-order valence-corrected chi connectivity index (χ4v) is 3.97. The van der Waals surface area contributed by atoms with Crippen LogP contribution in [0.15, 0.2) is 35.6 Å². The summed E-state index contributed by atoms with van der Waals surface area (Å²) in [7, 11) is 3.78. The summed E-state index contributed by atoms with van der Waals surface area (Å²) in [5.74, 6) is 0.864. The van der Waals surface area contributed by atoms with E-state index in [0.29, 0.717) is 12.1 Å². The van der Waals surface area contributed by atoms with Gasteiger partial charge in [-0.3, -0.25) is 14.8 Å². The van der Waals surface area contributed by atoms with E-state index in [1.54, 1.807) is 13.3 Å². The van der Waals surface area contributed by atoms with Gasteiger partial charge in [0.2, 0.25) is 0 Å². The zero-order valence-electron chi connectivity index (χ0n) is 16.7. The number of ketones is 1. The van der Waals surface area contributed by atoms with E-state index in [4.69, 9.17) is 9.73 Å². The summed E-state index contributed by atoms with van der Waals surface area (Å²) in [5, 5.41) is 0. The van der Waals surface area contributed by atoms with Crippen LogP contribution in [0.25, 0.3) is 0 Å². The largest absolute Gasteiger partial charge is 0.497 e. The van der Waals surface area contributed by atoms with E-state index >= 15 is 0 Å². The minimum absolute atomic E-state index is 0.126. The van der Waals surface area contributed by atoms with E-state index < -0.39 is 0 Å². The molecule has 2 aromatic rings. The van der Waals surface area contributed by atoms with Gasteiger partial charge in [-0.05, 0) is 31.2 Å². The molecule has 1 fully saturated rings. The third-order valence-electron chi connectivity index (χ3n) is 5.61. The molecule has 0 N–H and O–H groups in total. The Morgan fingerprint density at radius 3 is 2.68 bits per heavy atom. The third kappa shape index (κ3) is 3.40. The van der Waals surface area contributed by atoms with Crippen LogP contribution < -0.4 is 9.64 Å². The number of aryl methyl sites for hydroxylation is 1. The van der Waals surface area contributed by atoms with Crippen LogP contribution in [0, 0.1) is 0 Å². The number of carbonyl (C=O) groups excluding carboxylic acids is 1. The van der Waals surface area contributed by atoms with E-state index in [-0.39, 0.29) is 5.78 Å². The first kappa shape index (κ1) is 18.6. The fraction of sp³-hybridized carbons (Fsp3) is 0.409. The first-order valence-corrected chi connectivity index (χ1v) is 9.80. The van der Waals surface area contributed by atoms with Gasteiger partial charge in [0.25, 0.3) is 0 Å². The molecule has 1 aromatic carbocycles. The van der Waals surface area contributed by atoms with Crippen molar-refractivity contribution in [1.82, 2.24) is 9.88 Å². The smallest absolute Gasteiger partial charge is 0.171 e. The summed E-state index contributed by atoms with van der Waals surface area (Å²) in [6.07, 6.45) is 4.77. The Balaban J connectivity index is 1.77. The van der Waals surface area contributed by atoms with E-state index in [0.717, 1.165) is 66.4 Å². The number of likely N-dealkylation sites (N-methyl/N-ethyl adjacent to an activating group) is 1. The van der Waals surface area contributed by atoms with Crippen LogP contribution in [0.1, 0.15) is 34.8 Å². The van der Waals surface area contributed by atoms with Gasteiger partial charge in [-0.1, -0.05) is 6.92 Å². The maximum absolute atomic E-state index is 13.0. The molecule has 0 aliphatic carbocycles. The van der Waals surface area contributed by atoms with Crippen LogP contribution in [-0.2, 0) is 6.42 Å². The first-order chi connectivity index (χ1) is 13.6. The van der Waals surface area contributed by atoms with Gasteiger partial charge in [-0.25, -0.2) is 0 Å². The standard InChI is InChI=1S/C22H26N4O2/c1-4-15-11-16(28-3)12-19-22(15)21(27)13-18(24-19)17-5-6-23-14-20(17)26-9-7-25(2)8-10-26/h5-6,11-12,14H,4,7-10,13H2,1-3H3. The molecule has 146 valence electrons. The molecule has 3 heterocycles. The van der Waals surface area contributed by atoms with Crippen LogP contribution >= 0.6 is 0 Å². The SMILES string of the molecule is CCc1cc(OC)cc2c1C(=O)CC(c1ccncc1N1CCN(C)CC1)=N2. The molecule has 2 aliphatic heterocycles. The lowest BCUT2D eigenvalue weighted by Crippen LogP contribution is -2.45. The number of anilines is 1. The van der Waals surface area contributed by atoms with Crippen molar-refractivity contribution in [3.8, 4) is 5.75 Å². The highest BCUT2D eigenvalue weighted by Gasteiger charge is 2.27. The van der Waals surface area contributed by atoms with Gasteiger partial charge < -0.3 is 14.5 Å². The summed E-state index contributed by atoms with van der Waals surface area (Å²) >= 11 is 0. The Kier molecular flexibility index (Phi) is 5.13. The van der Waals surface area contributed by atoms with Crippen molar-refractivity contribution in [1.29, 1.82) is 0 Å². The number of methoxy groups -OCH3 is 1. The Morgan fingerprint density at radius 1 is 1.18 bits per heavy atom. The number of nitrogens with zero attached hydrogens (tertiary/aromatic N) is 4. The molecule has 0 spiro atoms. The molecule has 6 nitrogen and oxygen atoms in total. The molecule has 0 unspecified atom stereocenters. The maximum atomic E-state index is 13.0. The second-order valence-corrected chi connectivity index (χ2v) is 7.38. The quantitative estimate of drug-likeness (QED) is 0.818. The molecule has 0 amide bonds. The van der Waals surface area contributed by atoms with Gasteiger partial charge in [0.05, 0.1) is 36.8 Å². The topological polar surface area (TPSA) is 58.0 Å². The second kappa shape index (κ2) is 7.72. The van der Waals surface area contributed by atoms with E-state index in [1.165, 1.54) is 0 Å². The molecule has 0 saturated carbocycles. The van der Waals surface area contributed by atoms with E-state index in [1.807, 2.05) is 24.4 Å². The number of rotatable bonds is 4. The first-order valence-electron chi connectivity index (χ1n) is 9.80. The summed E-state index contributed by atoms with van der Waals surface area (Å²) < 4.78 is 5.42. The number of pyridine rings is 1. The molecule has 1 aromatic heterocycles. The van der Waals surface area contributed by atoms with Crippen LogP contribution in [0.5, 0.6) is 5.75 Å². The van der Waals surface area contributed by atoms with Crippen molar-refractivity contribution in [3.05, 3.63) is 47.3 Å². The van der Waals surface area contributed by atoms with Gasteiger partial charge in [0.15, 0.2) is 5.78 Å².